The molecule has 2 aromatic carbocycles. The quantitative estimate of drug-likeness (QED) is 0.681. The number of hydrogen-bond donors (Lipinski definition) is 0. The van der Waals surface area contributed by atoms with E-state index in [1.807, 2.05) is 0 Å². The summed E-state index contributed by atoms with van der Waals surface area (Å²) in [7, 11) is 0. The second-order valence-electron chi connectivity index (χ2n) is 5.72. The highest BCUT2D eigenvalue weighted by Gasteiger charge is 2.22. The second-order valence-corrected chi connectivity index (χ2v) is 6.16. The van der Waals surface area contributed by atoms with Crippen LogP contribution in [0.25, 0.3) is 11.0 Å². The van der Waals surface area contributed by atoms with E-state index in [9.17, 15) is 0 Å². The zero-order valence-corrected chi connectivity index (χ0v) is 14.0. The van der Waals surface area contributed by atoms with Crippen LogP contribution in [0.15, 0.2) is 48.5 Å². The molecule has 1 aliphatic heterocycles. The minimum absolute atomic E-state index is 0.00316. The SMILES string of the molecule is [2H]C1([2H])CCC([2H])(C)N1C([2H])([2H])c1nc2ccccc2n1C([2H])([2H])c1ccc(Cl)cc1. The van der Waals surface area contributed by atoms with Crippen LogP contribution in [0, 0.1) is 0 Å². The topological polar surface area (TPSA) is 21.1 Å². The lowest BCUT2D eigenvalue weighted by molar-refractivity contribution is 0.251. The molecule has 3 nitrogen and oxygen atoms in total. The first kappa shape index (κ1) is 9.59. The normalized spacial score (nSPS) is 29.2. The molecule has 1 saturated heterocycles. The van der Waals surface area contributed by atoms with Crippen LogP contribution < -0.4 is 0 Å². The zero-order chi connectivity index (χ0) is 22.8. The van der Waals surface area contributed by atoms with Crippen LogP contribution in [-0.4, -0.2) is 27.0 Å². The Morgan fingerprint density at radius 2 is 2.04 bits per heavy atom. The van der Waals surface area contributed by atoms with Crippen molar-refractivity contribution in [3.8, 4) is 0 Å². The number of aromatic nitrogens is 2. The molecule has 1 aliphatic rings. The molecule has 0 aliphatic carbocycles. The predicted molar refractivity (Wildman–Crippen MR) is 99.4 cm³/mol. The van der Waals surface area contributed by atoms with Gasteiger partial charge in [-0.2, -0.15) is 0 Å². The fraction of sp³-hybridized carbons (Fsp3) is 0.350. The number of nitrogens with zero attached hydrogens (tertiary/aromatic N) is 3. The summed E-state index contributed by atoms with van der Waals surface area (Å²) in [5, 5.41) is 0.445. The molecule has 4 rings (SSSR count). The summed E-state index contributed by atoms with van der Waals surface area (Å²) in [5.41, 5.74) is 0.994. The number of halogens is 1. The molecule has 0 saturated carbocycles. The van der Waals surface area contributed by atoms with Gasteiger partial charge in [-0.05, 0) is 56.1 Å². The number of rotatable bonds is 4. The van der Waals surface area contributed by atoms with Crippen LogP contribution in [0.3, 0.4) is 0 Å². The average Bonchev–Trinajstić information content (AvgIpc) is 3.17. The van der Waals surface area contributed by atoms with Gasteiger partial charge in [-0.15, -0.1) is 0 Å². The lowest BCUT2D eigenvalue weighted by atomic mass is 10.2. The van der Waals surface area contributed by atoms with Crippen molar-refractivity contribution in [1.82, 2.24) is 14.5 Å². The van der Waals surface area contributed by atoms with Gasteiger partial charge in [0.25, 0.3) is 0 Å². The van der Waals surface area contributed by atoms with Crippen LogP contribution in [-0.2, 0) is 13.0 Å². The van der Waals surface area contributed by atoms with Gasteiger partial charge >= 0.3 is 0 Å². The summed E-state index contributed by atoms with van der Waals surface area (Å²) in [4.78, 5) is 5.26. The number of para-hydroxylation sites is 2. The van der Waals surface area contributed by atoms with E-state index in [1.54, 1.807) is 36.4 Å². The van der Waals surface area contributed by atoms with Gasteiger partial charge in [-0.1, -0.05) is 35.9 Å². The van der Waals surface area contributed by atoms with Gasteiger partial charge in [0.15, 0.2) is 0 Å². The average molecular weight is 347 g/mol. The molecule has 1 unspecified atom stereocenters. The van der Waals surface area contributed by atoms with Crippen molar-refractivity contribution in [1.29, 1.82) is 0 Å². The van der Waals surface area contributed by atoms with Crippen LogP contribution in [0.4, 0.5) is 0 Å². The first-order valence-electron chi connectivity index (χ1n) is 11.3. The molecule has 1 atom stereocenters. The van der Waals surface area contributed by atoms with Crippen molar-refractivity contribution in [2.24, 2.45) is 0 Å². The monoisotopic (exact) mass is 346 g/mol. The van der Waals surface area contributed by atoms with Gasteiger partial charge in [-0.25, -0.2) is 4.98 Å². The highest BCUT2D eigenvalue weighted by atomic mass is 35.5. The minimum atomic E-state index is -2.56. The summed E-state index contributed by atoms with van der Waals surface area (Å²) in [6.07, 6.45) is 0.140. The fourth-order valence-electron chi connectivity index (χ4n) is 2.70. The van der Waals surface area contributed by atoms with Crippen LogP contribution in [0.2, 0.25) is 5.02 Å². The molecule has 0 radical (unpaired) electrons. The Hall–Kier alpha value is -1.84. The van der Waals surface area contributed by atoms with E-state index in [1.165, 1.54) is 19.1 Å². The highest BCUT2D eigenvalue weighted by molar-refractivity contribution is 6.30. The lowest BCUT2D eigenvalue weighted by Gasteiger charge is -2.21. The number of benzene rings is 2. The van der Waals surface area contributed by atoms with E-state index >= 15 is 0 Å². The van der Waals surface area contributed by atoms with Crippen molar-refractivity contribution in [2.45, 2.75) is 38.8 Å². The first-order valence-corrected chi connectivity index (χ1v) is 8.21. The molecule has 2 heterocycles. The third-order valence-corrected chi connectivity index (χ3v) is 4.25. The second kappa shape index (κ2) is 6.58. The molecule has 24 heavy (non-hydrogen) atoms. The van der Waals surface area contributed by atoms with Crippen molar-refractivity contribution in [2.75, 3.05) is 6.50 Å². The van der Waals surface area contributed by atoms with Gasteiger partial charge in [0.05, 0.1) is 23.0 Å². The summed E-state index contributed by atoms with van der Waals surface area (Å²) < 4.78 is 61.9. The van der Waals surface area contributed by atoms with Crippen molar-refractivity contribution in [3.05, 3.63) is 64.9 Å². The number of hydrogen-bond acceptors (Lipinski definition) is 2. The molecule has 0 bridgehead atoms. The fourth-order valence-corrected chi connectivity index (χ4v) is 2.82. The van der Waals surface area contributed by atoms with Gasteiger partial charge < -0.3 is 4.57 Å². The maximum atomic E-state index is 8.89. The Kier molecular flexibility index (Phi) is 2.63. The molecule has 0 spiro atoms. The molecule has 1 aromatic heterocycles. The molecular formula is C20H22ClN3. The van der Waals surface area contributed by atoms with E-state index in [0.717, 1.165) is 9.47 Å². The Bertz CT molecular complexity index is 1110. The maximum absolute atomic E-state index is 8.89. The van der Waals surface area contributed by atoms with E-state index in [2.05, 4.69) is 4.98 Å². The first-order chi connectivity index (χ1) is 14.3. The minimum Gasteiger partial charge on any atom is -0.322 e. The number of imidazole rings is 1. The van der Waals surface area contributed by atoms with Crippen molar-refractivity contribution in [3.63, 3.8) is 0 Å². The van der Waals surface area contributed by atoms with E-state index in [-0.39, 0.29) is 24.2 Å². The third kappa shape index (κ3) is 3.06. The lowest BCUT2D eigenvalue weighted by Crippen LogP contribution is -2.28. The summed E-state index contributed by atoms with van der Waals surface area (Å²) in [6.45, 7) is -5.39. The van der Waals surface area contributed by atoms with E-state index in [4.69, 9.17) is 21.2 Å². The van der Waals surface area contributed by atoms with Crippen LogP contribution in [0.1, 0.15) is 40.7 Å². The number of likely N-dealkylation sites (tertiary alicyclic amines) is 1. The largest absolute Gasteiger partial charge is 0.322 e. The molecule has 4 heteroatoms. The Balaban J connectivity index is 1.99. The Morgan fingerprint density at radius 3 is 2.79 bits per heavy atom. The summed E-state index contributed by atoms with van der Waals surface area (Å²) >= 11 is 5.96. The van der Waals surface area contributed by atoms with Crippen LogP contribution >= 0.6 is 11.6 Å². The molecule has 124 valence electrons. The van der Waals surface area contributed by atoms with Gasteiger partial charge in [-0.3, -0.25) is 4.90 Å². The molecule has 1 fully saturated rings. The maximum Gasteiger partial charge on any atom is 0.124 e. The molecule has 0 amide bonds. The van der Waals surface area contributed by atoms with Gasteiger partial charge in [0.1, 0.15) is 5.82 Å². The zero-order valence-electron chi connectivity index (χ0n) is 20.3. The van der Waals surface area contributed by atoms with Gasteiger partial charge in [0, 0.05) is 21.6 Å². The summed E-state index contributed by atoms with van der Waals surface area (Å²) in [5.74, 6) is -0.294. The van der Waals surface area contributed by atoms with Gasteiger partial charge in [0.2, 0.25) is 0 Å². The highest BCUT2D eigenvalue weighted by Crippen LogP contribution is 2.23. The van der Waals surface area contributed by atoms with Crippen LogP contribution in [0.5, 0.6) is 0 Å². The van der Waals surface area contributed by atoms with E-state index < -0.39 is 25.5 Å². The standard InChI is InChI=1S/C20H22ClN3/c1-15-5-4-12-23(15)14-20-22-18-6-2-3-7-19(18)24(20)13-16-8-10-17(21)11-9-16/h2-3,6-11,15H,4-5,12-14H2,1H3/i12D2,13D2,14D2,15D. The summed E-state index contributed by atoms with van der Waals surface area (Å²) in [6, 6.07) is 11.4. The predicted octanol–water partition coefficient (Wildman–Crippen LogP) is 4.72. The molecule has 3 aromatic rings. The number of fused-ring (bicyclic) bond motifs is 1. The smallest absolute Gasteiger partial charge is 0.124 e. The Labute approximate surface area is 157 Å². The van der Waals surface area contributed by atoms with Crippen molar-refractivity contribution >= 4 is 22.6 Å². The molecular weight excluding hydrogens is 318 g/mol. The Morgan fingerprint density at radius 1 is 1.25 bits per heavy atom. The van der Waals surface area contributed by atoms with E-state index in [0.29, 0.717) is 16.1 Å². The third-order valence-electron chi connectivity index (χ3n) is 4.00. The molecule has 0 N–H and O–H groups in total. The van der Waals surface area contributed by atoms with Crippen molar-refractivity contribution < 1.29 is 9.60 Å².